The number of carbonyl (C=O) groups is 2. The number of carbonyl (C=O) groups excluding carboxylic acids is 2. The van der Waals surface area contributed by atoms with Crippen LogP contribution < -0.4 is 16.0 Å². The number of fused-ring (bicyclic) bond motifs is 1. The van der Waals surface area contributed by atoms with Gasteiger partial charge in [0.1, 0.15) is 24.3 Å². The van der Waals surface area contributed by atoms with Crippen LogP contribution in [0.25, 0.3) is 16.8 Å². The molecule has 0 spiro atoms. The summed E-state index contributed by atoms with van der Waals surface area (Å²) in [6, 6.07) is 13.6. The molecule has 1 atom stereocenters. The minimum absolute atomic E-state index is 0. The van der Waals surface area contributed by atoms with Gasteiger partial charge in [-0.3, -0.25) is 9.59 Å². The standard InChI is InChI=1S/C26H32N4O4.ClH/c1-19(28)26(32)34-14-13-33-12-9-29-25(31)23(18-27)16-20-5-6-22-17-24(8-7-21(22)15-20)30-10-3-2-4-11-30;/h5-8,15-17,19H,2-4,9-14,28H2,1H3,(H,29,31);1H/b23-16+;/t19-;/m0./s1. The number of nitrogens with zero attached hydrogens (tertiary/aromatic N) is 2. The average molecular weight is 501 g/mol. The summed E-state index contributed by atoms with van der Waals surface area (Å²) in [4.78, 5) is 26.0. The highest BCUT2D eigenvalue weighted by atomic mass is 35.5. The molecular formula is C26H33ClN4O4. The predicted octanol–water partition coefficient (Wildman–Crippen LogP) is 3.18. The SMILES string of the molecule is C[C@H](N)C(=O)OCCOCCNC(=O)/C(C#N)=C/c1ccc2cc(N3CCCCC3)ccc2c1.Cl. The molecule has 0 bridgehead atoms. The molecule has 0 aromatic heterocycles. The van der Waals surface area contributed by atoms with E-state index in [4.69, 9.17) is 15.2 Å². The van der Waals surface area contributed by atoms with Gasteiger partial charge in [0.05, 0.1) is 13.2 Å². The van der Waals surface area contributed by atoms with E-state index in [0.29, 0.717) is 0 Å². The van der Waals surface area contributed by atoms with Gasteiger partial charge in [-0.15, -0.1) is 12.4 Å². The molecule has 188 valence electrons. The molecule has 0 radical (unpaired) electrons. The molecule has 1 aliphatic rings. The first-order chi connectivity index (χ1) is 16.5. The molecule has 1 amide bonds. The fourth-order valence-corrected chi connectivity index (χ4v) is 3.77. The minimum Gasteiger partial charge on any atom is -0.462 e. The molecule has 1 heterocycles. The number of esters is 1. The first kappa shape index (κ1) is 28.1. The number of nitriles is 1. The summed E-state index contributed by atoms with van der Waals surface area (Å²) in [7, 11) is 0. The Morgan fingerprint density at radius 2 is 1.83 bits per heavy atom. The van der Waals surface area contributed by atoms with Crippen LogP contribution in [0.5, 0.6) is 0 Å². The van der Waals surface area contributed by atoms with Gasteiger partial charge < -0.3 is 25.4 Å². The Labute approximate surface area is 212 Å². The fraction of sp³-hybridized carbons (Fsp3) is 0.423. The first-order valence-electron chi connectivity index (χ1n) is 11.7. The van der Waals surface area contributed by atoms with Gasteiger partial charge in [0.2, 0.25) is 0 Å². The first-order valence-corrected chi connectivity index (χ1v) is 11.7. The maximum Gasteiger partial charge on any atom is 0.322 e. The molecule has 3 N–H and O–H groups in total. The number of halogens is 1. The number of piperidine rings is 1. The molecule has 2 aromatic rings. The van der Waals surface area contributed by atoms with Crippen LogP contribution in [0.15, 0.2) is 42.0 Å². The van der Waals surface area contributed by atoms with Crippen LogP contribution in [0, 0.1) is 11.3 Å². The predicted molar refractivity (Wildman–Crippen MR) is 139 cm³/mol. The highest BCUT2D eigenvalue weighted by Gasteiger charge is 2.12. The maximum absolute atomic E-state index is 12.4. The van der Waals surface area contributed by atoms with Crippen molar-refractivity contribution in [3.8, 4) is 6.07 Å². The van der Waals surface area contributed by atoms with Crippen LogP contribution in [0.3, 0.4) is 0 Å². The van der Waals surface area contributed by atoms with Gasteiger partial charge in [-0.1, -0.05) is 18.2 Å². The van der Waals surface area contributed by atoms with E-state index in [-0.39, 0.29) is 44.3 Å². The lowest BCUT2D eigenvalue weighted by atomic mass is 10.0. The van der Waals surface area contributed by atoms with Gasteiger partial charge in [0, 0.05) is 25.3 Å². The van der Waals surface area contributed by atoms with Crippen LogP contribution in [0.1, 0.15) is 31.7 Å². The number of rotatable bonds is 10. The number of nitrogens with two attached hydrogens (primary N) is 1. The summed E-state index contributed by atoms with van der Waals surface area (Å²) >= 11 is 0. The normalized spacial score (nSPS) is 14.5. The molecule has 2 aromatic carbocycles. The quantitative estimate of drug-likeness (QED) is 0.222. The Balaban J connectivity index is 0.00000432. The molecular weight excluding hydrogens is 468 g/mol. The van der Waals surface area contributed by atoms with Crippen molar-refractivity contribution in [2.75, 3.05) is 44.4 Å². The van der Waals surface area contributed by atoms with Gasteiger partial charge in [-0.05, 0) is 66.8 Å². The van der Waals surface area contributed by atoms with Crippen molar-refractivity contribution < 1.29 is 19.1 Å². The van der Waals surface area contributed by atoms with Crippen molar-refractivity contribution in [1.82, 2.24) is 5.32 Å². The topological polar surface area (TPSA) is 118 Å². The zero-order valence-electron chi connectivity index (χ0n) is 20.0. The van der Waals surface area contributed by atoms with Crippen LogP contribution in [-0.4, -0.2) is 57.4 Å². The number of amides is 1. The zero-order valence-corrected chi connectivity index (χ0v) is 20.8. The van der Waals surface area contributed by atoms with E-state index in [1.807, 2.05) is 24.3 Å². The highest BCUT2D eigenvalue weighted by Crippen LogP contribution is 2.26. The summed E-state index contributed by atoms with van der Waals surface area (Å²) < 4.78 is 10.2. The van der Waals surface area contributed by atoms with Crippen LogP contribution in [0.2, 0.25) is 0 Å². The van der Waals surface area contributed by atoms with E-state index in [1.165, 1.54) is 24.9 Å². The molecule has 8 nitrogen and oxygen atoms in total. The Hall–Kier alpha value is -3.12. The van der Waals surface area contributed by atoms with Crippen molar-refractivity contribution in [1.29, 1.82) is 5.26 Å². The van der Waals surface area contributed by atoms with Crippen LogP contribution in [0.4, 0.5) is 5.69 Å². The number of ether oxygens (including phenoxy) is 2. The third kappa shape index (κ3) is 8.55. The third-order valence-electron chi connectivity index (χ3n) is 5.62. The Morgan fingerprint density at radius 3 is 2.54 bits per heavy atom. The molecule has 0 aliphatic carbocycles. The van der Waals surface area contributed by atoms with E-state index in [1.54, 1.807) is 13.0 Å². The smallest absolute Gasteiger partial charge is 0.322 e. The monoisotopic (exact) mass is 500 g/mol. The summed E-state index contributed by atoms with van der Waals surface area (Å²) in [5.41, 5.74) is 7.44. The number of benzene rings is 2. The molecule has 1 aliphatic heterocycles. The molecule has 0 unspecified atom stereocenters. The van der Waals surface area contributed by atoms with Gasteiger partial charge in [-0.25, -0.2) is 0 Å². The second-order valence-corrected chi connectivity index (χ2v) is 8.33. The zero-order chi connectivity index (χ0) is 24.3. The lowest BCUT2D eigenvalue weighted by Gasteiger charge is -2.29. The van der Waals surface area contributed by atoms with Gasteiger partial charge in [0.25, 0.3) is 5.91 Å². The molecule has 1 fully saturated rings. The summed E-state index contributed by atoms with van der Waals surface area (Å²) in [6.45, 7) is 4.50. The Morgan fingerprint density at radius 1 is 1.11 bits per heavy atom. The fourth-order valence-electron chi connectivity index (χ4n) is 3.77. The lowest BCUT2D eigenvalue weighted by molar-refractivity contribution is -0.146. The van der Waals surface area contributed by atoms with E-state index >= 15 is 0 Å². The summed E-state index contributed by atoms with van der Waals surface area (Å²) in [6.07, 6.45) is 5.35. The maximum atomic E-state index is 12.4. The Bertz CT molecular complexity index is 1070. The molecule has 3 rings (SSSR count). The number of hydrogen-bond acceptors (Lipinski definition) is 7. The second kappa shape index (κ2) is 14.3. The molecule has 1 saturated heterocycles. The third-order valence-corrected chi connectivity index (χ3v) is 5.62. The largest absolute Gasteiger partial charge is 0.462 e. The molecule has 0 saturated carbocycles. The highest BCUT2D eigenvalue weighted by molar-refractivity contribution is 6.02. The van der Waals surface area contributed by atoms with E-state index in [0.717, 1.165) is 29.4 Å². The lowest BCUT2D eigenvalue weighted by Crippen LogP contribution is -2.30. The number of anilines is 1. The molecule has 9 heteroatoms. The summed E-state index contributed by atoms with van der Waals surface area (Å²) in [5.74, 6) is -0.952. The van der Waals surface area contributed by atoms with Crippen molar-refractivity contribution in [3.05, 3.63) is 47.5 Å². The van der Waals surface area contributed by atoms with Crippen molar-refractivity contribution in [2.24, 2.45) is 5.73 Å². The van der Waals surface area contributed by atoms with Gasteiger partial charge in [-0.2, -0.15) is 5.26 Å². The van der Waals surface area contributed by atoms with Crippen molar-refractivity contribution >= 4 is 46.8 Å². The minimum atomic E-state index is -0.671. The number of hydrogen-bond donors (Lipinski definition) is 2. The van der Waals surface area contributed by atoms with E-state index < -0.39 is 17.9 Å². The Kier molecular flexibility index (Phi) is 11.5. The van der Waals surface area contributed by atoms with Crippen LogP contribution in [-0.2, 0) is 19.1 Å². The van der Waals surface area contributed by atoms with E-state index in [2.05, 4.69) is 28.4 Å². The average Bonchev–Trinajstić information content (AvgIpc) is 2.86. The van der Waals surface area contributed by atoms with Gasteiger partial charge in [0.15, 0.2) is 0 Å². The van der Waals surface area contributed by atoms with Crippen molar-refractivity contribution in [2.45, 2.75) is 32.2 Å². The van der Waals surface area contributed by atoms with Gasteiger partial charge >= 0.3 is 5.97 Å². The second-order valence-electron chi connectivity index (χ2n) is 8.33. The van der Waals surface area contributed by atoms with Crippen molar-refractivity contribution in [3.63, 3.8) is 0 Å². The van der Waals surface area contributed by atoms with E-state index in [9.17, 15) is 14.9 Å². The summed E-state index contributed by atoms with van der Waals surface area (Å²) in [5, 5.41) is 14.3. The van der Waals surface area contributed by atoms with Crippen LogP contribution >= 0.6 is 12.4 Å². The number of nitrogens with one attached hydrogen (secondary N) is 1. The molecule has 35 heavy (non-hydrogen) atoms.